The first-order valence-electron chi connectivity index (χ1n) is 17.5. The van der Waals surface area contributed by atoms with Gasteiger partial charge in [0.15, 0.2) is 23.0 Å². The van der Waals surface area contributed by atoms with Crippen LogP contribution in [0.1, 0.15) is 47.2 Å². The van der Waals surface area contributed by atoms with Crippen LogP contribution in [0, 0.1) is 13.8 Å². The van der Waals surface area contributed by atoms with E-state index in [1.54, 1.807) is 54.8 Å². The number of hydrogen-bond acceptors (Lipinski definition) is 10. The number of aromatic nitrogens is 8. The molecule has 54 heavy (non-hydrogen) atoms. The van der Waals surface area contributed by atoms with Crippen LogP contribution in [0.2, 0.25) is 0 Å². The Kier molecular flexibility index (Phi) is 10.0. The Balaban J connectivity index is 0.000000161. The molecule has 7 heterocycles. The second-order valence-corrected chi connectivity index (χ2v) is 13.7. The molecule has 0 unspecified atom stereocenters. The molecule has 14 heteroatoms. The number of aryl methyl sites for hydroxylation is 4. The standard InChI is InChI=1S/C21H18N4O2S.C17H16N4O3.C2H6/c1-13-4-3-5-14(8-13)12-25-21(26)19-16(11-23-25)20-17(24(19)2)9-15(28-20)10-18-22-6-7-27-18;1-10-19-16-15(24-10)13-8-18-21(17(22)14(13)20(16)2)9-11-5-4-6-12(7-11)23-3;1-2/h3-9,11H,10,12H2,1-2H3;4-8H,9H2,1-3H3;1-2H3. The minimum Gasteiger partial charge on any atom is -0.497 e. The van der Waals surface area contributed by atoms with Crippen molar-refractivity contribution >= 4 is 54.6 Å². The molecule has 0 radical (unpaired) electrons. The Labute approximate surface area is 313 Å². The predicted octanol–water partition coefficient (Wildman–Crippen LogP) is 7.15. The van der Waals surface area contributed by atoms with E-state index in [9.17, 15) is 9.59 Å². The van der Waals surface area contributed by atoms with Crippen LogP contribution in [0.15, 0.2) is 97.9 Å². The van der Waals surface area contributed by atoms with Gasteiger partial charge in [0.25, 0.3) is 11.1 Å². The van der Waals surface area contributed by atoms with Crippen molar-refractivity contribution in [2.75, 3.05) is 7.11 Å². The van der Waals surface area contributed by atoms with Gasteiger partial charge in [-0.15, -0.1) is 11.3 Å². The minimum atomic E-state index is -0.177. The lowest BCUT2D eigenvalue weighted by Crippen LogP contribution is -2.24. The largest absolute Gasteiger partial charge is 0.497 e. The number of hydrogen-bond donors (Lipinski definition) is 0. The van der Waals surface area contributed by atoms with E-state index < -0.39 is 0 Å². The zero-order valence-electron chi connectivity index (χ0n) is 31.2. The minimum absolute atomic E-state index is 0.0702. The Bertz CT molecular complexity index is 2870. The Hall–Kier alpha value is -6.28. The van der Waals surface area contributed by atoms with Crippen molar-refractivity contribution in [2.45, 2.75) is 47.2 Å². The number of oxazole rings is 2. The molecular formula is C40H40N8O5S. The van der Waals surface area contributed by atoms with E-state index in [-0.39, 0.29) is 11.1 Å². The molecule has 0 aliphatic rings. The summed E-state index contributed by atoms with van der Waals surface area (Å²) in [5.41, 5.74) is 6.44. The third kappa shape index (κ3) is 6.71. The molecule has 0 saturated heterocycles. The van der Waals surface area contributed by atoms with Crippen molar-refractivity contribution in [2.24, 2.45) is 14.1 Å². The number of nitrogens with zero attached hydrogens (tertiary/aromatic N) is 8. The van der Waals surface area contributed by atoms with Gasteiger partial charge in [0.2, 0.25) is 0 Å². The van der Waals surface area contributed by atoms with Crippen molar-refractivity contribution in [3.05, 3.63) is 134 Å². The number of methoxy groups -OCH3 is 1. The molecule has 0 atom stereocenters. The first kappa shape index (κ1) is 36.1. The first-order chi connectivity index (χ1) is 26.2. The van der Waals surface area contributed by atoms with Gasteiger partial charge < -0.3 is 22.7 Å². The molecule has 0 amide bonds. The maximum Gasteiger partial charge on any atom is 0.291 e. The van der Waals surface area contributed by atoms with Crippen molar-refractivity contribution in [1.82, 2.24) is 38.7 Å². The number of rotatable bonds is 7. The van der Waals surface area contributed by atoms with Crippen LogP contribution in [-0.2, 0) is 33.6 Å². The van der Waals surface area contributed by atoms with E-state index in [2.05, 4.69) is 32.3 Å². The normalized spacial score (nSPS) is 11.2. The third-order valence-electron chi connectivity index (χ3n) is 9.05. The van der Waals surface area contributed by atoms with E-state index in [0.717, 1.165) is 37.4 Å². The second kappa shape index (κ2) is 15.0. The lowest BCUT2D eigenvalue weighted by Gasteiger charge is -2.07. The van der Waals surface area contributed by atoms with Gasteiger partial charge in [-0.1, -0.05) is 55.8 Å². The highest BCUT2D eigenvalue weighted by atomic mass is 32.1. The topological polar surface area (TPSA) is 141 Å². The lowest BCUT2D eigenvalue weighted by atomic mass is 10.1. The van der Waals surface area contributed by atoms with Crippen LogP contribution in [0.3, 0.4) is 0 Å². The van der Waals surface area contributed by atoms with Crippen LogP contribution in [-0.4, -0.2) is 45.8 Å². The van der Waals surface area contributed by atoms with Crippen molar-refractivity contribution in [1.29, 1.82) is 0 Å². The Morgan fingerprint density at radius 2 is 1.50 bits per heavy atom. The fraction of sp³-hybridized carbons (Fsp3) is 0.250. The highest BCUT2D eigenvalue weighted by Crippen LogP contribution is 2.34. The molecule has 276 valence electrons. The molecule has 0 spiro atoms. The Morgan fingerprint density at radius 3 is 2.17 bits per heavy atom. The SMILES string of the molecule is CC.COc1cccc(Cn2ncc3c4oc(C)nc4n(C)c3c2=O)c1.Cc1cccc(Cn2ncc3c4sc(Cc5ncco5)cc4n(C)c3c2=O)c1. The van der Waals surface area contributed by atoms with Crippen LogP contribution >= 0.6 is 11.3 Å². The zero-order chi connectivity index (χ0) is 38.1. The monoisotopic (exact) mass is 744 g/mol. The summed E-state index contributed by atoms with van der Waals surface area (Å²) in [5.74, 6) is 2.00. The summed E-state index contributed by atoms with van der Waals surface area (Å²) in [6, 6.07) is 17.8. The van der Waals surface area contributed by atoms with Crippen LogP contribution in [0.25, 0.3) is 43.3 Å². The van der Waals surface area contributed by atoms with E-state index >= 15 is 0 Å². The maximum atomic E-state index is 13.1. The summed E-state index contributed by atoms with van der Waals surface area (Å²) in [6.07, 6.45) is 7.34. The summed E-state index contributed by atoms with van der Waals surface area (Å²) >= 11 is 1.66. The second-order valence-electron chi connectivity index (χ2n) is 12.6. The number of thiophene rings is 1. The molecular weight excluding hydrogens is 705 g/mol. The summed E-state index contributed by atoms with van der Waals surface area (Å²) in [6.45, 7) is 8.66. The summed E-state index contributed by atoms with van der Waals surface area (Å²) in [4.78, 5) is 35.6. The molecule has 9 rings (SSSR count). The highest BCUT2D eigenvalue weighted by Gasteiger charge is 2.20. The maximum absolute atomic E-state index is 13.1. The molecule has 0 aliphatic heterocycles. The van der Waals surface area contributed by atoms with Gasteiger partial charge in [0.1, 0.15) is 23.0 Å². The Morgan fingerprint density at radius 1 is 0.833 bits per heavy atom. The lowest BCUT2D eigenvalue weighted by molar-refractivity contribution is 0.414. The summed E-state index contributed by atoms with van der Waals surface area (Å²) < 4.78 is 24.0. The van der Waals surface area contributed by atoms with E-state index in [4.69, 9.17) is 13.6 Å². The van der Waals surface area contributed by atoms with E-state index in [1.807, 2.05) is 81.9 Å². The summed E-state index contributed by atoms with van der Waals surface area (Å²) in [7, 11) is 5.36. The van der Waals surface area contributed by atoms with E-state index in [0.29, 0.717) is 58.9 Å². The molecule has 13 nitrogen and oxygen atoms in total. The van der Waals surface area contributed by atoms with Crippen molar-refractivity contribution < 1.29 is 13.6 Å². The molecule has 0 fully saturated rings. The van der Waals surface area contributed by atoms with Gasteiger partial charge >= 0.3 is 0 Å². The average Bonchev–Trinajstić information content (AvgIpc) is 4.00. The average molecular weight is 745 g/mol. The molecule has 0 bridgehead atoms. The van der Waals surface area contributed by atoms with Crippen LogP contribution in [0.4, 0.5) is 0 Å². The van der Waals surface area contributed by atoms with Crippen molar-refractivity contribution in [3.63, 3.8) is 0 Å². The number of benzene rings is 2. The molecule has 0 saturated carbocycles. The number of fused-ring (bicyclic) bond motifs is 6. The van der Waals surface area contributed by atoms with Crippen LogP contribution < -0.4 is 15.9 Å². The zero-order valence-corrected chi connectivity index (χ0v) is 32.0. The molecule has 7 aromatic heterocycles. The quantitative estimate of drug-likeness (QED) is 0.166. The highest BCUT2D eigenvalue weighted by molar-refractivity contribution is 7.20. The first-order valence-corrected chi connectivity index (χ1v) is 18.4. The third-order valence-corrected chi connectivity index (χ3v) is 10.2. The van der Waals surface area contributed by atoms with Gasteiger partial charge in [0.05, 0.1) is 60.8 Å². The summed E-state index contributed by atoms with van der Waals surface area (Å²) in [5, 5.41) is 10.3. The molecule has 9 aromatic rings. The van der Waals surface area contributed by atoms with Gasteiger partial charge in [-0.25, -0.2) is 14.3 Å². The smallest absolute Gasteiger partial charge is 0.291 e. The molecule has 0 aliphatic carbocycles. The molecule has 0 N–H and O–H groups in total. The van der Waals surface area contributed by atoms with Gasteiger partial charge in [-0.2, -0.15) is 15.2 Å². The number of ether oxygens (including phenoxy) is 1. The fourth-order valence-corrected chi connectivity index (χ4v) is 7.77. The van der Waals surface area contributed by atoms with Gasteiger partial charge in [-0.3, -0.25) is 9.59 Å². The van der Waals surface area contributed by atoms with Crippen molar-refractivity contribution in [3.8, 4) is 5.75 Å². The molecule has 2 aromatic carbocycles. The van der Waals surface area contributed by atoms with Gasteiger partial charge in [-0.05, 0) is 36.2 Å². The van der Waals surface area contributed by atoms with Crippen LogP contribution in [0.5, 0.6) is 5.75 Å². The van der Waals surface area contributed by atoms with Gasteiger partial charge in [0, 0.05) is 31.3 Å². The fourth-order valence-electron chi connectivity index (χ4n) is 6.58. The van der Waals surface area contributed by atoms with E-state index in [1.165, 1.54) is 14.9 Å². The predicted molar refractivity (Wildman–Crippen MR) is 211 cm³/mol.